The van der Waals surface area contributed by atoms with Crippen molar-refractivity contribution in [1.29, 1.82) is 0 Å². The van der Waals surface area contributed by atoms with Crippen LogP contribution in [0.5, 0.6) is 0 Å². The number of piperidine rings is 1. The minimum Gasteiger partial charge on any atom is -0.465 e. The van der Waals surface area contributed by atoms with E-state index in [0.717, 1.165) is 17.9 Å². The number of furan rings is 1. The molecule has 0 radical (unpaired) electrons. The van der Waals surface area contributed by atoms with Crippen LogP contribution >= 0.6 is 0 Å². The number of nitrogens with zero attached hydrogens (tertiary/aromatic N) is 1. The van der Waals surface area contributed by atoms with Gasteiger partial charge in [-0.25, -0.2) is 0 Å². The molecular weight excluding hydrogens is 259 g/mol. The fourth-order valence-electron chi connectivity index (χ4n) is 2.28. The predicted molar refractivity (Wildman–Crippen MR) is 63.6 cm³/mol. The van der Waals surface area contributed by atoms with Crippen LogP contribution in [0.15, 0.2) is 16.5 Å². The second-order valence-electron chi connectivity index (χ2n) is 5.03. The van der Waals surface area contributed by atoms with Gasteiger partial charge in [-0.1, -0.05) is 6.92 Å². The first kappa shape index (κ1) is 14.4. The van der Waals surface area contributed by atoms with E-state index in [1.807, 2.05) is 24.0 Å². The van der Waals surface area contributed by atoms with E-state index >= 15 is 0 Å². The number of aryl methyl sites for hydroxylation is 1. The first-order valence-electron chi connectivity index (χ1n) is 6.43. The largest absolute Gasteiger partial charge is 0.465 e. The van der Waals surface area contributed by atoms with Crippen molar-refractivity contribution in [3.8, 4) is 0 Å². The van der Waals surface area contributed by atoms with Gasteiger partial charge in [-0.2, -0.15) is 13.2 Å². The van der Waals surface area contributed by atoms with Gasteiger partial charge < -0.3 is 9.52 Å². The quantitative estimate of drug-likeness (QED) is 0.923. The van der Waals surface area contributed by atoms with Crippen molar-refractivity contribution >= 4 is 0 Å². The zero-order valence-electron chi connectivity index (χ0n) is 10.8. The molecule has 2 heterocycles. The lowest BCUT2D eigenvalue weighted by molar-refractivity contribution is -0.273. The van der Waals surface area contributed by atoms with Gasteiger partial charge in [0.2, 0.25) is 0 Å². The molecule has 0 aromatic carbocycles. The Kier molecular flexibility index (Phi) is 3.92. The van der Waals surface area contributed by atoms with Crippen molar-refractivity contribution in [3.05, 3.63) is 23.7 Å². The van der Waals surface area contributed by atoms with Crippen LogP contribution in [-0.2, 0) is 13.0 Å². The van der Waals surface area contributed by atoms with E-state index in [4.69, 9.17) is 4.42 Å². The summed E-state index contributed by atoms with van der Waals surface area (Å²) < 4.78 is 43.5. The average Bonchev–Trinajstić information content (AvgIpc) is 2.79. The number of halogens is 3. The van der Waals surface area contributed by atoms with Gasteiger partial charge in [-0.3, -0.25) is 4.90 Å². The van der Waals surface area contributed by atoms with E-state index in [-0.39, 0.29) is 25.9 Å². The maximum atomic E-state index is 12.6. The van der Waals surface area contributed by atoms with Crippen LogP contribution in [-0.4, -0.2) is 34.9 Å². The molecular formula is C13H18F3NO2. The average molecular weight is 277 g/mol. The van der Waals surface area contributed by atoms with E-state index in [2.05, 4.69) is 0 Å². The van der Waals surface area contributed by atoms with Gasteiger partial charge in [-0.05, 0) is 25.0 Å². The molecule has 1 fully saturated rings. The van der Waals surface area contributed by atoms with Crippen LogP contribution in [0, 0.1) is 0 Å². The van der Waals surface area contributed by atoms with E-state index in [1.54, 1.807) is 0 Å². The highest BCUT2D eigenvalue weighted by Crippen LogP contribution is 2.38. The number of rotatable bonds is 3. The molecule has 3 nitrogen and oxygen atoms in total. The number of likely N-dealkylation sites (tertiary alicyclic amines) is 1. The summed E-state index contributed by atoms with van der Waals surface area (Å²) in [6.45, 7) is 2.91. The third-order valence-electron chi connectivity index (χ3n) is 3.66. The summed E-state index contributed by atoms with van der Waals surface area (Å²) >= 11 is 0. The Bertz CT molecular complexity index is 420. The minimum absolute atomic E-state index is 0.220. The second kappa shape index (κ2) is 5.17. The summed E-state index contributed by atoms with van der Waals surface area (Å²) in [5.74, 6) is 1.63. The van der Waals surface area contributed by atoms with Crippen molar-refractivity contribution < 1.29 is 22.7 Å². The summed E-state index contributed by atoms with van der Waals surface area (Å²) in [6.07, 6.45) is -4.30. The van der Waals surface area contributed by atoms with Crippen LogP contribution in [0.25, 0.3) is 0 Å². The number of alkyl halides is 3. The predicted octanol–water partition coefficient (Wildman–Crippen LogP) is 2.73. The highest BCUT2D eigenvalue weighted by molar-refractivity contribution is 5.07. The Labute approximate surface area is 110 Å². The van der Waals surface area contributed by atoms with Crippen molar-refractivity contribution in [3.63, 3.8) is 0 Å². The second-order valence-corrected chi connectivity index (χ2v) is 5.03. The molecule has 108 valence electrons. The van der Waals surface area contributed by atoms with Crippen molar-refractivity contribution in [1.82, 2.24) is 4.90 Å². The monoisotopic (exact) mass is 277 g/mol. The fourth-order valence-corrected chi connectivity index (χ4v) is 2.28. The first-order valence-corrected chi connectivity index (χ1v) is 6.43. The Morgan fingerprint density at radius 3 is 2.32 bits per heavy atom. The third kappa shape index (κ3) is 3.12. The molecule has 1 aromatic rings. The van der Waals surface area contributed by atoms with Crippen LogP contribution in [0.1, 0.15) is 31.3 Å². The van der Waals surface area contributed by atoms with Gasteiger partial charge in [0.1, 0.15) is 11.5 Å². The molecule has 0 saturated carbocycles. The molecule has 2 rings (SSSR count). The molecule has 0 spiro atoms. The molecule has 0 bridgehead atoms. The topological polar surface area (TPSA) is 36.6 Å². The first-order chi connectivity index (χ1) is 8.84. The normalized spacial score (nSPS) is 20.7. The van der Waals surface area contributed by atoms with Crippen molar-refractivity contribution in [2.24, 2.45) is 0 Å². The standard InChI is InChI=1S/C13H18F3NO2/c1-2-10-3-4-11(19-10)9-17-7-5-12(18,6-8-17)13(14,15)16/h3-4,18H,2,5-9H2,1H3. The molecule has 0 atom stereocenters. The summed E-state index contributed by atoms with van der Waals surface area (Å²) in [6, 6.07) is 3.73. The maximum absolute atomic E-state index is 12.6. The number of hydrogen-bond acceptors (Lipinski definition) is 3. The Morgan fingerprint density at radius 2 is 1.84 bits per heavy atom. The van der Waals surface area contributed by atoms with E-state index < -0.39 is 11.8 Å². The van der Waals surface area contributed by atoms with E-state index in [9.17, 15) is 18.3 Å². The van der Waals surface area contributed by atoms with Crippen molar-refractivity contribution in [2.45, 2.75) is 44.5 Å². The molecule has 0 aliphatic carbocycles. The Balaban J connectivity index is 1.90. The summed E-state index contributed by atoms with van der Waals surface area (Å²) in [5, 5.41) is 9.56. The van der Waals surface area contributed by atoms with Crippen LogP contribution in [0.2, 0.25) is 0 Å². The highest BCUT2D eigenvalue weighted by atomic mass is 19.4. The highest BCUT2D eigenvalue weighted by Gasteiger charge is 2.54. The lowest BCUT2D eigenvalue weighted by Crippen LogP contribution is -2.53. The van der Waals surface area contributed by atoms with Gasteiger partial charge >= 0.3 is 6.18 Å². The summed E-state index contributed by atoms with van der Waals surface area (Å²) in [4.78, 5) is 1.87. The molecule has 1 aliphatic rings. The lowest BCUT2D eigenvalue weighted by Gasteiger charge is -2.38. The van der Waals surface area contributed by atoms with Gasteiger partial charge in [0.05, 0.1) is 6.54 Å². The van der Waals surface area contributed by atoms with Crippen LogP contribution in [0.4, 0.5) is 13.2 Å². The Hall–Kier alpha value is -1.01. The van der Waals surface area contributed by atoms with E-state index in [0.29, 0.717) is 6.54 Å². The zero-order chi connectivity index (χ0) is 14.1. The SMILES string of the molecule is CCc1ccc(CN2CCC(O)(C(F)(F)F)CC2)o1. The van der Waals surface area contributed by atoms with Crippen molar-refractivity contribution in [2.75, 3.05) is 13.1 Å². The smallest absolute Gasteiger partial charge is 0.417 e. The van der Waals surface area contributed by atoms with E-state index in [1.165, 1.54) is 0 Å². The van der Waals surface area contributed by atoms with Gasteiger partial charge in [0, 0.05) is 19.5 Å². The zero-order valence-corrected chi connectivity index (χ0v) is 10.8. The molecule has 6 heteroatoms. The molecule has 1 saturated heterocycles. The maximum Gasteiger partial charge on any atom is 0.417 e. The van der Waals surface area contributed by atoms with Gasteiger partial charge in [0.25, 0.3) is 0 Å². The van der Waals surface area contributed by atoms with Gasteiger partial charge in [0.15, 0.2) is 5.60 Å². The van der Waals surface area contributed by atoms with Crippen LogP contribution < -0.4 is 0 Å². The minimum atomic E-state index is -4.54. The lowest BCUT2D eigenvalue weighted by atomic mass is 9.91. The number of aliphatic hydroxyl groups is 1. The third-order valence-corrected chi connectivity index (χ3v) is 3.66. The fraction of sp³-hybridized carbons (Fsp3) is 0.692. The summed E-state index contributed by atoms with van der Waals surface area (Å²) in [7, 11) is 0. The molecule has 19 heavy (non-hydrogen) atoms. The molecule has 0 unspecified atom stereocenters. The van der Waals surface area contributed by atoms with Gasteiger partial charge in [-0.15, -0.1) is 0 Å². The van der Waals surface area contributed by atoms with Crippen LogP contribution in [0.3, 0.4) is 0 Å². The summed E-state index contributed by atoms with van der Waals surface area (Å²) in [5.41, 5.74) is -2.53. The molecule has 1 aliphatic heterocycles. The molecule has 1 N–H and O–H groups in total. The molecule has 0 amide bonds. The Morgan fingerprint density at radius 1 is 1.26 bits per heavy atom. The number of hydrogen-bond donors (Lipinski definition) is 1. The molecule has 1 aromatic heterocycles.